The first-order valence-electron chi connectivity index (χ1n) is 6.64. The molecule has 0 bridgehead atoms. The van der Waals surface area contributed by atoms with Crippen LogP contribution in [0.4, 0.5) is 0 Å². The van der Waals surface area contributed by atoms with E-state index in [9.17, 15) is 4.79 Å². The topological polar surface area (TPSA) is 45.2 Å². The second kappa shape index (κ2) is 5.96. The van der Waals surface area contributed by atoms with Crippen LogP contribution in [0.15, 0.2) is 18.2 Å². The number of hydrogen-bond donors (Lipinski definition) is 1. The molecule has 1 aliphatic rings. The highest BCUT2D eigenvalue weighted by Crippen LogP contribution is 2.09. The van der Waals surface area contributed by atoms with E-state index >= 15 is 0 Å². The summed E-state index contributed by atoms with van der Waals surface area (Å²) in [6.07, 6.45) is 2.90. The maximum Gasteiger partial charge on any atom is 0.270 e. The lowest BCUT2D eigenvalue weighted by molar-refractivity contribution is 0.0911. The lowest BCUT2D eigenvalue weighted by Crippen LogP contribution is -2.43. The summed E-state index contributed by atoms with van der Waals surface area (Å²) in [7, 11) is 2.12. The maximum absolute atomic E-state index is 12.1. The standard InChI is InChI=1S/C14H21N3O/c1-3-11-5-4-6-13(15-11)14(18)16-12-7-9-17(2)10-8-12/h4-6,12H,3,7-10H2,1-2H3,(H,16,18). The van der Waals surface area contributed by atoms with Crippen LogP contribution in [0.5, 0.6) is 0 Å². The van der Waals surface area contributed by atoms with Crippen molar-refractivity contribution in [1.29, 1.82) is 0 Å². The van der Waals surface area contributed by atoms with Gasteiger partial charge < -0.3 is 10.2 Å². The molecule has 98 valence electrons. The molecule has 0 atom stereocenters. The van der Waals surface area contributed by atoms with Crippen molar-refractivity contribution in [2.24, 2.45) is 0 Å². The minimum absolute atomic E-state index is 0.0418. The van der Waals surface area contributed by atoms with Gasteiger partial charge in [0.25, 0.3) is 5.91 Å². The van der Waals surface area contributed by atoms with Crippen LogP contribution in [-0.2, 0) is 6.42 Å². The van der Waals surface area contributed by atoms with Crippen molar-refractivity contribution in [3.63, 3.8) is 0 Å². The van der Waals surface area contributed by atoms with Gasteiger partial charge in [0.05, 0.1) is 0 Å². The summed E-state index contributed by atoms with van der Waals surface area (Å²) in [5.74, 6) is -0.0418. The highest BCUT2D eigenvalue weighted by molar-refractivity contribution is 5.92. The smallest absolute Gasteiger partial charge is 0.270 e. The molecule has 2 rings (SSSR count). The third-order valence-electron chi connectivity index (χ3n) is 3.46. The Bertz CT molecular complexity index is 411. The average molecular weight is 247 g/mol. The first-order valence-corrected chi connectivity index (χ1v) is 6.64. The summed E-state index contributed by atoms with van der Waals surface area (Å²) < 4.78 is 0. The monoisotopic (exact) mass is 247 g/mol. The number of pyridine rings is 1. The molecule has 0 spiro atoms. The number of amides is 1. The van der Waals surface area contributed by atoms with Crippen molar-refractivity contribution in [2.45, 2.75) is 32.2 Å². The van der Waals surface area contributed by atoms with E-state index in [-0.39, 0.29) is 5.91 Å². The van der Waals surface area contributed by atoms with Gasteiger partial charge in [-0.3, -0.25) is 4.79 Å². The van der Waals surface area contributed by atoms with E-state index < -0.39 is 0 Å². The lowest BCUT2D eigenvalue weighted by Gasteiger charge is -2.29. The molecule has 1 N–H and O–H groups in total. The number of nitrogens with zero attached hydrogens (tertiary/aromatic N) is 2. The van der Waals surface area contributed by atoms with Gasteiger partial charge in [0.1, 0.15) is 5.69 Å². The van der Waals surface area contributed by atoms with Crippen LogP contribution in [0.3, 0.4) is 0 Å². The van der Waals surface area contributed by atoms with Crippen LogP contribution in [0.25, 0.3) is 0 Å². The van der Waals surface area contributed by atoms with E-state index in [1.54, 1.807) is 6.07 Å². The number of aromatic nitrogens is 1. The van der Waals surface area contributed by atoms with Gasteiger partial charge in [-0.15, -0.1) is 0 Å². The van der Waals surface area contributed by atoms with Gasteiger partial charge in [-0.25, -0.2) is 4.98 Å². The quantitative estimate of drug-likeness (QED) is 0.879. The molecule has 1 aliphatic heterocycles. The fourth-order valence-corrected chi connectivity index (χ4v) is 2.22. The first-order chi connectivity index (χ1) is 8.69. The van der Waals surface area contributed by atoms with Gasteiger partial charge in [0, 0.05) is 11.7 Å². The van der Waals surface area contributed by atoms with Crippen molar-refractivity contribution >= 4 is 5.91 Å². The third kappa shape index (κ3) is 3.29. The summed E-state index contributed by atoms with van der Waals surface area (Å²) in [5.41, 5.74) is 1.50. The van der Waals surface area contributed by atoms with E-state index in [1.165, 1.54) is 0 Å². The summed E-state index contributed by atoms with van der Waals surface area (Å²) in [6, 6.07) is 5.92. The second-order valence-electron chi connectivity index (χ2n) is 4.92. The molecule has 0 saturated carbocycles. The van der Waals surface area contributed by atoms with Crippen LogP contribution in [0.2, 0.25) is 0 Å². The highest BCUT2D eigenvalue weighted by atomic mass is 16.1. The third-order valence-corrected chi connectivity index (χ3v) is 3.46. The Morgan fingerprint density at radius 1 is 1.44 bits per heavy atom. The zero-order chi connectivity index (χ0) is 13.0. The predicted octanol–water partition coefficient (Wildman–Crippen LogP) is 1.47. The molecule has 1 saturated heterocycles. The Morgan fingerprint density at radius 3 is 2.83 bits per heavy atom. The largest absolute Gasteiger partial charge is 0.348 e. The number of likely N-dealkylation sites (tertiary alicyclic amines) is 1. The molecule has 0 radical (unpaired) electrons. The second-order valence-corrected chi connectivity index (χ2v) is 4.92. The number of hydrogen-bond acceptors (Lipinski definition) is 3. The fourth-order valence-electron chi connectivity index (χ4n) is 2.22. The normalized spacial score (nSPS) is 17.7. The Hall–Kier alpha value is -1.42. The minimum atomic E-state index is -0.0418. The zero-order valence-corrected chi connectivity index (χ0v) is 11.1. The highest BCUT2D eigenvalue weighted by Gasteiger charge is 2.19. The molecule has 18 heavy (non-hydrogen) atoms. The predicted molar refractivity (Wildman–Crippen MR) is 71.6 cm³/mol. The van der Waals surface area contributed by atoms with Crippen LogP contribution >= 0.6 is 0 Å². The summed E-state index contributed by atoms with van der Waals surface area (Å²) in [4.78, 5) is 18.7. The average Bonchev–Trinajstić information content (AvgIpc) is 2.41. The van der Waals surface area contributed by atoms with E-state index in [4.69, 9.17) is 0 Å². The van der Waals surface area contributed by atoms with Gasteiger partial charge in [0.15, 0.2) is 0 Å². The van der Waals surface area contributed by atoms with Crippen molar-refractivity contribution in [3.05, 3.63) is 29.6 Å². The van der Waals surface area contributed by atoms with Crippen LogP contribution in [0, 0.1) is 0 Å². The Morgan fingerprint density at radius 2 is 2.17 bits per heavy atom. The number of carbonyl (C=O) groups is 1. The van der Waals surface area contributed by atoms with Gasteiger partial charge in [-0.2, -0.15) is 0 Å². The van der Waals surface area contributed by atoms with Crippen LogP contribution < -0.4 is 5.32 Å². The Kier molecular flexibility index (Phi) is 4.31. The molecule has 1 amide bonds. The van der Waals surface area contributed by atoms with Crippen molar-refractivity contribution in [3.8, 4) is 0 Å². The van der Waals surface area contributed by atoms with E-state index in [2.05, 4.69) is 22.2 Å². The van der Waals surface area contributed by atoms with E-state index in [0.717, 1.165) is 38.0 Å². The molecule has 0 aliphatic carbocycles. The van der Waals surface area contributed by atoms with Crippen molar-refractivity contribution < 1.29 is 4.79 Å². The number of piperidine rings is 1. The van der Waals surface area contributed by atoms with E-state index in [1.807, 2.05) is 19.1 Å². The molecule has 0 unspecified atom stereocenters. The zero-order valence-electron chi connectivity index (χ0n) is 11.1. The summed E-state index contributed by atoms with van der Waals surface area (Å²) in [5, 5.41) is 3.08. The lowest BCUT2D eigenvalue weighted by atomic mass is 10.1. The molecule has 1 aromatic heterocycles. The molecular formula is C14H21N3O. The number of nitrogens with one attached hydrogen (secondary N) is 1. The SMILES string of the molecule is CCc1cccc(C(=O)NC2CCN(C)CC2)n1. The molecule has 2 heterocycles. The van der Waals surface area contributed by atoms with Gasteiger partial charge in [-0.05, 0) is 51.5 Å². The van der Waals surface area contributed by atoms with Gasteiger partial charge in [-0.1, -0.05) is 13.0 Å². The number of aryl methyl sites for hydroxylation is 1. The maximum atomic E-state index is 12.1. The van der Waals surface area contributed by atoms with Crippen molar-refractivity contribution in [2.75, 3.05) is 20.1 Å². The first kappa shape index (κ1) is 13.0. The molecular weight excluding hydrogens is 226 g/mol. The fraction of sp³-hybridized carbons (Fsp3) is 0.571. The molecule has 1 fully saturated rings. The minimum Gasteiger partial charge on any atom is -0.348 e. The Labute approximate surface area is 108 Å². The summed E-state index contributed by atoms with van der Waals surface area (Å²) in [6.45, 7) is 4.14. The summed E-state index contributed by atoms with van der Waals surface area (Å²) >= 11 is 0. The van der Waals surface area contributed by atoms with Gasteiger partial charge in [0.2, 0.25) is 0 Å². The van der Waals surface area contributed by atoms with Crippen LogP contribution in [-0.4, -0.2) is 42.0 Å². The molecule has 1 aromatic rings. The molecule has 4 heteroatoms. The van der Waals surface area contributed by atoms with E-state index in [0.29, 0.717) is 11.7 Å². The number of rotatable bonds is 3. The van der Waals surface area contributed by atoms with Crippen LogP contribution in [0.1, 0.15) is 35.9 Å². The molecule has 4 nitrogen and oxygen atoms in total. The number of carbonyl (C=O) groups excluding carboxylic acids is 1. The molecule has 0 aromatic carbocycles. The Balaban J connectivity index is 1.94. The van der Waals surface area contributed by atoms with Crippen molar-refractivity contribution in [1.82, 2.24) is 15.2 Å². The van der Waals surface area contributed by atoms with Gasteiger partial charge >= 0.3 is 0 Å².